The van der Waals surface area contributed by atoms with Crippen LogP contribution in [0.4, 0.5) is 5.82 Å². The van der Waals surface area contributed by atoms with Gasteiger partial charge in [-0.15, -0.1) is 0 Å². The van der Waals surface area contributed by atoms with Gasteiger partial charge in [0.1, 0.15) is 17.9 Å². The molecule has 1 saturated carbocycles. The molecule has 0 bridgehead atoms. The molecule has 5 nitrogen and oxygen atoms in total. The molecule has 2 N–H and O–H groups in total. The van der Waals surface area contributed by atoms with Crippen LogP contribution in [0.25, 0.3) is 10.9 Å². The van der Waals surface area contributed by atoms with E-state index < -0.39 is 0 Å². The zero-order valence-electron chi connectivity index (χ0n) is 16.8. The van der Waals surface area contributed by atoms with Crippen LogP contribution in [0.2, 0.25) is 0 Å². The van der Waals surface area contributed by atoms with Crippen molar-refractivity contribution in [2.45, 2.75) is 45.1 Å². The molecule has 1 fully saturated rings. The van der Waals surface area contributed by atoms with E-state index in [4.69, 9.17) is 9.84 Å². The number of fused-ring (bicyclic) bond motifs is 1. The molecule has 1 aromatic heterocycles. The van der Waals surface area contributed by atoms with Crippen LogP contribution >= 0.6 is 0 Å². The first-order valence-electron chi connectivity index (χ1n) is 10.6. The third-order valence-electron chi connectivity index (χ3n) is 5.73. The first kappa shape index (κ1) is 19.6. The zero-order chi connectivity index (χ0) is 19.9. The van der Waals surface area contributed by atoms with Crippen molar-refractivity contribution in [2.24, 2.45) is 5.92 Å². The smallest absolute Gasteiger partial charge is 0.137 e. The molecule has 29 heavy (non-hydrogen) atoms. The number of hydrogen-bond acceptors (Lipinski definition) is 5. The highest BCUT2D eigenvalue weighted by Gasteiger charge is 2.14. The van der Waals surface area contributed by atoms with Crippen LogP contribution in [0.1, 0.15) is 43.2 Å². The number of anilines is 1. The predicted octanol–water partition coefficient (Wildman–Crippen LogP) is 4.74. The van der Waals surface area contributed by atoms with Gasteiger partial charge >= 0.3 is 0 Å². The minimum atomic E-state index is 0.0812. The molecule has 1 aliphatic rings. The maximum Gasteiger partial charge on any atom is 0.137 e. The second-order valence-corrected chi connectivity index (χ2v) is 7.87. The van der Waals surface area contributed by atoms with Crippen LogP contribution < -0.4 is 10.1 Å². The quantitative estimate of drug-likeness (QED) is 0.581. The monoisotopic (exact) mass is 391 g/mol. The molecule has 0 amide bonds. The topological polar surface area (TPSA) is 67.3 Å². The maximum atomic E-state index is 9.14. The zero-order valence-corrected chi connectivity index (χ0v) is 16.8. The van der Waals surface area contributed by atoms with Gasteiger partial charge in [-0.2, -0.15) is 0 Å². The number of aliphatic hydroxyl groups is 1. The maximum absolute atomic E-state index is 9.14. The summed E-state index contributed by atoms with van der Waals surface area (Å²) in [6.07, 6.45) is 9.09. The van der Waals surface area contributed by atoms with Crippen molar-refractivity contribution >= 4 is 16.7 Å². The largest absolute Gasteiger partial charge is 0.493 e. The van der Waals surface area contributed by atoms with E-state index in [-0.39, 0.29) is 6.61 Å². The molecular formula is C24H29N3O2. The van der Waals surface area contributed by atoms with Gasteiger partial charge in [0.15, 0.2) is 0 Å². The third-order valence-corrected chi connectivity index (χ3v) is 5.73. The minimum absolute atomic E-state index is 0.0812. The average Bonchev–Trinajstić information content (AvgIpc) is 2.79. The molecular weight excluding hydrogens is 362 g/mol. The Morgan fingerprint density at radius 3 is 2.55 bits per heavy atom. The van der Waals surface area contributed by atoms with Gasteiger partial charge in [0.25, 0.3) is 0 Å². The lowest BCUT2D eigenvalue weighted by molar-refractivity contribution is 0.209. The van der Waals surface area contributed by atoms with Crippen molar-refractivity contribution in [3.8, 4) is 5.75 Å². The van der Waals surface area contributed by atoms with Crippen molar-refractivity contribution in [2.75, 3.05) is 18.5 Å². The Morgan fingerprint density at radius 2 is 1.76 bits per heavy atom. The first-order chi connectivity index (χ1) is 14.3. The van der Waals surface area contributed by atoms with Gasteiger partial charge < -0.3 is 15.2 Å². The Balaban J connectivity index is 1.36. The number of nitrogens with one attached hydrogen (secondary N) is 1. The number of rotatable bonds is 8. The molecule has 0 unspecified atom stereocenters. The van der Waals surface area contributed by atoms with Crippen molar-refractivity contribution in [1.29, 1.82) is 0 Å². The molecule has 1 aliphatic carbocycles. The van der Waals surface area contributed by atoms with E-state index in [1.165, 1.54) is 37.7 Å². The summed E-state index contributed by atoms with van der Waals surface area (Å²) >= 11 is 0. The van der Waals surface area contributed by atoms with Gasteiger partial charge in [-0.05, 0) is 48.4 Å². The van der Waals surface area contributed by atoms with Crippen LogP contribution in [-0.4, -0.2) is 28.2 Å². The fourth-order valence-corrected chi connectivity index (χ4v) is 3.97. The van der Waals surface area contributed by atoms with E-state index in [1.807, 2.05) is 30.3 Å². The fourth-order valence-electron chi connectivity index (χ4n) is 3.97. The number of benzene rings is 2. The summed E-state index contributed by atoms with van der Waals surface area (Å²) in [7, 11) is 0. The highest BCUT2D eigenvalue weighted by molar-refractivity contribution is 5.89. The summed E-state index contributed by atoms with van der Waals surface area (Å²) < 4.78 is 6.05. The van der Waals surface area contributed by atoms with Crippen LogP contribution in [-0.2, 0) is 13.0 Å². The van der Waals surface area contributed by atoms with Crippen LogP contribution in [0.5, 0.6) is 5.75 Å². The Morgan fingerprint density at radius 1 is 0.966 bits per heavy atom. The van der Waals surface area contributed by atoms with Gasteiger partial charge in [0.05, 0.1) is 18.7 Å². The highest BCUT2D eigenvalue weighted by atomic mass is 16.5. The summed E-state index contributed by atoms with van der Waals surface area (Å²) in [6, 6.07) is 14.1. The Bertz CT molecular complexity index is 921. The number of aliphatic hydroxyl groups excluding tert-OH is 1. The number of nitrogens with zero attached hydrogens (tertiary/aromatic N) is 2. The van der Waals surface area contributed by atoms with Gasteiger partial charge in [-0.25, -0.2) is 9.97 Å². The summed E-state index contributed by atoms with van der Waals surface area (Å²) in [5.41, 5.74) is 3.06. The Labute approximate surface area is 172 Å². The standard InChI is InChI=1S/C24H29N3O2/c28-15-19-8-6-18(7-9-19)12-13-25-24-22-11-10-21(14-23(22)26-17-27-24)29-16-20-4-2-1-3-5-20/h6-11,14,17,20,28H,1-5,12-13,15-16H2,(H,25,26,27). The molecule has 0 aliphatic heterocycles. The summed E-state index contributed by atoms with van der Waals surface area (Å²) in [5.74, 6) is 2.42. The molecule has 5 heteroatoms. The Kier molecular flexibility index (Phi) is 6.57. The van der Waals surface area contributed by atoms with E-state index in [0.717, 1.165) is 47.6 Å². The van der Waals surface area contributed by atoms with Crippen molar-refractivity contribution in [1.82, 2.24) is 9.97 Å². The lowest BCUT2D eigenvalue weighted by atomic mass is 9.90. The minimum Gasteiger partial charge on any atom is -0.493 e. The molecule has 2 aromatic carbocycles. The molecule has 3 aromatic rings. The van der Waals surface area contributed by atoms with Crippen LogP contribution in [0, 0.1) is 5.92 Å². The van der Waals surface area contributed by atoms with Gasteiger partial charge in [-0.3, -0.25) is 0 Å². The van der Waals surface area contributed by atoms with E-state index in [0.29, 0.717) is 5.92 Å². The second kappa shape index (κ2) is 9.70. The normalized spacial score (nSPS) is 14.8. The molecule has 0 atom stereocenters. The first-order valence-corrected chi connectivity index (χ1v) is 10.6. The SMILES string of the molecule is OCc1ccc(CCNc2ncnc3cc(OCC4CCCCC4)ccc23)cc1. The molecule has 1 heterocycles. The average molecular weight is 392 g/mol. The fraction of sp³-hybridized carbons (Fsp3) is 0.417. The lowest BCUT2D eigenvalue weighted by Gasteiger charge is -2.21. The summed E-state index contributed by atoms with van der Waals surface area (Å²) in [4.78, 5) is 8.85. The summed E-state index contributed by atoms with van der Waals surface area (Å²) in [6.45, 7) is 1.67. The van der Waals surface area contributed by atoms with E-state index >= 15 is 0 Å². The van der Waals surface area contributed by atoms with Crippen molar-refractivity contribution in [3.63, 3.8) is 0 Å². The van der Waals surface area contributed by atoms with E-state index in [9.17, 15) is 0 Å². The van der Waals surface area contributed by atoms with Gasteiger partial charge in [-0.1, -0.05) is 43.5 Å². The molecule has 0 spiro atoms. The highest BCUT2D eigenvalue weighted by Crippen LogP contribution is 2.27. The van der Waals surface area contributed by atoms with E-state index in [1.54, 1.807) is 6.33 Å². The predicted molar refractivity (Wildman–Crippen MR) is 116 cm³/mol. The van der Waals surface area contributed by atoms with E-state index in [2.05, 4.69) is 27.4 Å². The molecule has 4 rings (SSSR count). The molecule has 152 valence electrons. The van der Waals surface area contributed by atoms with Gasteiger partial charge in [0.2, 0.25) is 0 Å². The molecule has 0 saturated heterocycles. The number of aromatic nitrogens is 2. The summed E-state index contributed by atoms with van der Waals surface area (Å²) in [5, 5.41) is 13.6. The molecule has 0 radical (unpaired) electrons. The number of hydrogen-bond donors (Lipinski definition) is 2. The third kappa shape index (κ3) is 5.24. The number of ether oxygens (including phenoxy) is 1. The van der Waals surface area contributed by atoms with Crippen molar-refractivity contribution < 1.29 is 9.84 Å². The van der Waals surface area contributed by atoms with Gasteiger partial charge in [0, 0.05) is 18.0 Å². The Hall–Kier alpha value is -2.66. The van der Waals surface area contributed by atoms with Crippen LogP contribution in [0.3, 0.4) is 0 Å². The van der Waals surface area contributed by atoms with Crippen molar-refractivity contribution in [3.05, 3.63) is 59.9 Å². The lowest BCUT2D eigenvalue weighted by Crippen LogP contribution is -2.15. The second-order valence-electron chi connectivity index (χ2n) is 7.87. The van der Waals surface area contributed by atoms with Crippen LogP contribution in [0.15, 0.2) is 48.8 Å².